The molecule has 0 spiro atoms. The summed E-state index contributed by atoms with van der Waals surface area (Å²) in [6.07, 6.45) is 2.02. The SMILES string of the molecule is O=C(O)CC1CCCn2c(Br)nnc21. The zero-order valence-electron chi connectivity index (χ0n) is 7.48. The van der Waals surface area contributed by atoms with Crippen molar-refractivity contribution in [2.75, 3.05) is 0 Å². The van der Waals surface area contributed by atoms with E-state index in [0.717, 1.165) is 25.2 Å². The van der Waals surface area contributed by atoms with E-state index in [1.807, 2.05) is 4.57 Å². The predicted octanol–water partition coefficient (Wildman–Crippen LogP) is 1.39. The summed E-state index contributed by atoms with van der Waals surface area (Å²) in [5.41, 5.74) is 0. The molecule has 1 atom stereocenters. The minimum absolute atomic E-state index is 0.0139. The Morgan fingerprint density at radius 1 is 1.64 bits per heavy atom. The van der Waals surface area contributed by atoms with Crippen molar-refractivity contribution in [1.29, 1.82) is 0 Å². The monoisotopic (exact) mass is 259 g/mol. The van der Waals surface area contributed by atoms with Gasteiger partial charge in [-0.05, 0) is 28.8 Å². The van der Waals surface area contributed by atoms with E-state index < -0.39 is 5.97 Å². The fourth-order valence-electron chi connectivity index (χ4n) is 1.83. The van der Waals surface area contributed by atoms with Gasteiger partial charge in [0, 0.05) is 12.5 Å². The highest BCUT2D eigenvalue weighted by molar-refractivity contribution is 9.10. The normalized spacial score (nSPS) is 20.5. The van der Waals surface area contributed by atoms with Crippen molar-refractivity contribution in [3.8, 4) is 0 Å². The lowest BCUT2D eigenvalue weighted by Crippen LogP contribution is -2.18. The number of aliphatic carboxylic acids is 1. The molecule has 2 heterocycles. The number of rotatable bonds is 2. The number of halogens is 1. The Hall–Kier alpha value is -0.910. The van der Waals surface area contributed by atoms with Gasteiger partial charge in [0.1, 0.15) is 5.82 Å². The standard InChI is InChI=1S/C8H10BrN3O2/c9-8-11-10-7-5(4-6(13)14)2-1-3-12(7)8/h5H,1-4H2,(H,13,14). The van der Waals surface area contributed by atoms with Crippen LogP contribution in [0.25, 0.3) is 0 Å². The molecule has 76 valence electrons. The van der Waals surface area contributed by atoms with Crippen LogP contribution in [0.3, 0.4) is 0 Å². The van der Waals surface area contributed by atoms with Gasteiger partial charge in [-0.2, -0.15) is 0 Å². The van der Waals surface area contributed by atoms with Gasteiger partial charge in [0.15, 0.2) is 4.73 Å². The van der Waals surface area contributed by atoms with Crippen LogP contribution >= 0.6 is 15.9 Å². The predicted molar refractivity (Wildman–Crippen MR) is 51.9 cm³/mol. The maximum Gasteiger partial charge on any atom is 0.304 e. The van der Waals surface area contributed by atoms with Gasteiger partial charge in [-0.1, -0.05) is 0 Å². The van der Waals surface area contributed by atoms with Crippen molar-refractivity contribution in [1.82, 2.24) is 14.8 Å². The second kappa shape index (κ2) is 3.68. The number of fused-ring (bicyclic) bond motifs is 1. The van der Waals surface area contributed by atoms with Gasteiger partial charge in [-0.3, -0.25) is 4.79 Å². The van der Waals surface area contributed by atoms with Gasteiger partial charge in [-0.15, -0.1) is 10.2 Å². The van der Waals surface area contributed by atoms with Gasteiger partial charge in [-0.25, -0.2) is 0 Å². The molecule has 1 aliphatic rings. The summed E-state index contributed by atoms with van der Waals surface area (Å²) >= 11 is 3.29. The van der Waals surface area contributed by atoms with E-state index in [-0.39, 0.29) is 12.3 Å². The van der Waals surface area contributed by atoms with Crippen LogP contribution in [0.1, 0.15) is 31.0 Å². The Morgan fingerprint density at radius 3 is 3.14 bits per heavy atom. The third kappa shape index (κ3) is 1.66. The highest BCUT2D eigenvalue weighted by Gasteiger charge is 2.26. The first-order valence-electron chi connectivity index (χ1n) is 4.49. The second-order valence-corrected chi connectivity index (χ2v) is 4.13. The van der Waals surface area contributed by atoms with Crippen LogP contribution in [0.5, 0.6) is 0 Å². The Balaban J connectivity index is 2.27. The molecular formula is C8H10BrN3O2. The van der Waals surface area contributed by atoms with E-state index in [0.29, 0.717) is 4.73 Å². The molecule has 0 aromatic carbocycles. The molecule has 0 aliphatic carbocycles. The van der Waals surface area contributed by atoms with E-state index >= 15 is 0 Å². The summed E-state index contributed by atoms with van der Waals surface area (Å²) in [5.74, 6) is 0.0353. The van der Waals surface area contributed by atoms with Crippen LogP contribution in [0.4, 0.5) is 0 Å². The lowest BCUT2D eigenvalue weighted by molar-refractivity contribution is -0.137. The van der Waals surface area contributed by atoms with E-state index in [9.17, 15) is 4.79 Å². The highest BCUT2D eigenvalue weighted by Crippen LogP contribution is 2.30. The number of carboxylic acids is 1. The summed E-state index contributed by atoms with van der Waals surface area (Å²) in [4.78, 5) is 10.6. The highest BCUT2D eigenvalue weighted by atomic mass is 79.9. The van der Waals surface area contributed by atoms with Gasteiger partial charge >= 0.3 is 5.97 Å². The topological polar surface area (TPSA) is 68.0 Å². The van der Waals surface area contributed by atoms with Crippen LogP contribution in [0, 0.1) is 0 Å². The van der Waals surface area contributed by atoms with E-state index in [4.69, 9.17) is 5.11 Å². The molecule has 1 aliphatic heterocycles. The Bertz CT molecular complexity index is 363. The van der Waals surface area contributed by atoms with E-state index in [1.54, 1.807) is 0 Å². The molecule has 2 rings (SSSR count). The number of carboxylic acid groups (broad SMARTS) is 1. The van der Waals surface area contributed by atoms with E-state index in [1.165, 1.54) is 0 Å². The quantitative estimate of drug-likeness (QED) is 0.872. The van der Waals surface area contributed by atoms with Crippen molar-refractivity contribution in [2.45, 2.75) is 31.7 Å². The van der Waals surface area contributed by atoms with Crippen molar-refractivity contribution >= 4 is 21.9 Å². The lowest BCUT2D eigenvalue weighted by atomic mass is 9.96. The third-order valence-electron chi connectivity index (χ3n) is 2.45. The number of aromatic nitrogens is 3. The van der Waals surface area contributed by atoms with E-state index in [2.05, 4.69) is 26.1 Å². The molecule has 0 fully saturated rings. The maximum absolute atomic E-state index is 10.6. The number of hydrogen-bond donors (Lipinski definition) is 1. The first-order chi connectivity index (χ1) is 6.68. The molecule has 0 amide bonds. The van der Waals surface area contributed by atoms with Gasteiger partial charge in [0.25, 0.3) is 0 Å². The largest absolute Gasteiger partial charge is 0.481 e. The summed E-state index contributed by atoms with van der Waals surface area (Å²) in [7, 11) is 0. The molecular weight excluding hydrogens is 250 g/mol. The first-order valence-corrected chi connectivity index (χ1v) is 5.28. The second-order valence-electron chi connectivity index (χ2n) is 3.42. The number of carbonyl (C=O) groups is 1. The summed E-state index contributed by atoms with van der Waals surface area (Å²) in [6.45, 7) is 0.874. The van der Waals surface area contributed by atoms with Crippen LogP contribution in [0.2, 0.25) is 0 Å². The molecule has 6 heteroatoms. The smallest absolute Gasteiger partial charge is 0.304 e. The number of hydrogen-bond acceptors (Lipinski definition) is 3. The molecule has 0 saturated carbocycles. The fourth-order valence-corrected chi connectivity index (χ4v) is 2.27. The number of nitrogens with zero attached hydrogens (tertiary/aromatic N) is 3. The molecule has 1 aromatic heterocycles. The minimum atomic E-state index is -0.775. The molecule has 14 heavy (non-hydrogen) atoms. The lowest BCUT2D eigenvalue weighted by Gasteiger charge is -2.21. The molecule has 1 aromatic rings. The van der Waals surface area contributed by atoms with Gasteiger partial charge < -0.3 is 9.67 Å². The third-order valence-corrected chi connectivity index (χ3v) is 3.04. The van der Waals surface area contributed by atoms with Crippen molar-refractivity contribution < 1.29 is 9.90 Å². The average molecular weight is 260 g/mol. The molecule has 0 radical (unpaired) electrons. The zero-order chi connectivity index (χ0) is 10.1. The molecule has 0 saturated heterocycles. The average Bonchev–Trinajstić information content (AvgIpc) is 2.49. The van der Waals surface area contributed by atoms with Crippen molar-refractivity contribution in [2.24, 2.45) is 0 Å². The van der Waals surface area contributed by atoms with Gasteiger partial charge in [0.05, 0.1) is 6.42 Å². The first kappa shape index (κ1) is 9.64. The maximum atomic E-state index is 10.6. The van der Waals surface area contributed by atoms with Crippen LogP contribution in [0.15, 0.2) is 4.73 Å². The van der Waals surface area contributed by atoms with Crippen molar-refractivity contribution in [3.05, 3.63) is 10.6 Å². The van der Waals surface area contributed by atoms with Crippen LogP contribution < -0.4 is 0 Å². The van der Waals surface area contributed by atoms with Gasteiger partial charge in [0.2, 0.25) is 0 Å². The molecule has 1 unspecified atom stereocenters. The summed E-state index contributed by atoms with van der Waals surface area (Å²) < 4.78 is 2.64. The van der Waals surface area contributed by atoms with Crippen molar-refractivity contribution in [3.63, 3.8) is 0 Å². The van der Waals surface area contributed by atoms with Crippen LogP contribution in [-0.2, 0) is 11.3 Å². The minimum Gasteiger partial charge on any atom is -0.481 e. The zero-order valence-corrected chi connectivity index (χ0v) is 9.07. The molecule has 5 nitrogen and oxygen atoms in total. The summed E-state index contributed by atoms with van der Waals surface area (Å²) in [6, 6.07) is 0. The van der Waals surface area contributed by atoms with Crippen LogP contribution in [-0.4, -0.2) is 25.8 Å². The summed E-state index contributed by atoms with van der Waals surface area (Å²) in [5, 5.41) is 16.6. The Labute approximate surface area is 89.3 Å². The fraction of sp³-hybridized carbons (Fsp3) is 0.625. The Kier molecular flexibility index (Phi) is 2.54. The molecule has 0 bridgehead atoms. The Morgan fingerprint density at radius 2 is 2.43 bits per heavy atom. The molecule has 1 N–H and O–H groups in total.